The molecular weight excluding hydrogens is 160 g/mol. The number of hydrogen-bond acceptors (Lipinski definition) is 1. The minimum Gasteiger partial charge on any atom is -0.378 e. The molecule has 0 heterocycles. The molecule has 0 spiro atoms. The van der Waals surface area contributed by atoms with Gasteiger partial charge in [-0.05, 0) is 38.0 Å². The van der Waals surface area contributed by atoms with Crippen molar-refractivity contribution in [1.82, 2.24) is 0 Å². The van der Waals surface area contributed by atoms with Gasteiger partial charge in [0, 0.05) is 6.61 Å². The van der Waals surface area contributed by atoms with Gasteiger partial charge in [0.25, 0.3) is 0 Å². The van der Waals surface area contributed by atoms with Crippen LogP contribution in [0.1, 0.15) is 46.0 Å². The van der Waals surface area contributed by atoms with E-state index in [-0.39, 0.29) is 0 Å². The molecule has 0 aromatic rings. The maximum Gasteiger partial charge on any atom is 0.0578 e. The molecule has 1 heteroatoms. The second kappa shape index (κ2) is 6.20. The standard InChI is InChI=1S/C12H22O/c1-11(2)10-13-12-8-6-4-3-5-7-9-12/h3-4,11-12H,5-10H2,1-2H3/b4-3+. The van der Waals surface area contributed by atoms with Crippen molar-refractivity contribution in [3.05, 3.63) is 12.2 Å². The molecule has 1 nitrogen and oxygen atoms in total. The Morgan fingerprint density at radius 3 is 2.77 bits per heavy atom. The van der Waals surface area contributed by atoms with Gasteiger partial charge >= 0.3 is 0 Å². The fraction of sp³-hybridized carbons (Fsp3) is 0.833. The second-order valence-electron chi connectivity index (χ2n) is 4.33. The van der Waals surface area contributed by atoms with Crippen LogP contribution in [-0.2, 0) is 4.74 Å². The summed E-state index contributed by atoms with van der Waals surface area (Å²) in [5.41, 5.74) is 0. The van der Waals surface area contributed by atoms with Gasteiger partial charge in [-0.2, -0.15) is 0 Å². The van der Waals surface area contributed by atoms with Gasteiger partial charge in [0.1, 0.15) is 0 Å². The zero-order chi connectivity index (χ0) is 9.52. The molecule has 1 atom stereocenters. The number of allylic oxidation sites excluding steroid dienone is 2. The third kappa shape index (κ3) is 5.09. The average Bonchev–Trinajstić information content (AvgIpc) is 2.01. The molecule has 1 unspecified atom stereocenters. The van der Waals surface area contributed by atoms with Crippen molar-refractivity contribution < 1.29 is 4.74 Å². The molecular formula is C12H22O. The van der Waals surface area contributed by atoms with E-state index in [1.807, 2.05) is 0 Å². The molecule has 0 bridgehead atoms. The van der Waals surface area contributed by atoms with E-state index in [4.69, 9.17) is 4.74 Å². The number of hydrogen-bond donors (Lipinski definition) is 0. The Hall–Kier alpha value is -0.300. The lowest BCUT2D eigenvalue weighted by molar-refractivity contribution is 0.0245. The van der Waals surface area contributed by atoms with E-state index in [2.05, 4.69) is 26.0 Å². The first-order valence-corrected chi connectivity index (χ1v) is 5.55. The summed E-state index contributed by atoms with van der Waals surface area (Å²) in [5, 5.41) is 0. The SMILES string of the molecule is CC(C)COC1CC/C=C/CCC1. The van der Waals surface area contributed by atoms with Gasteiger partial charge in [0.2, 0.25) is 0 Å². The summed E-state index contributed by atoms with van der Waals surface area (Å²) in [6.45, 7) is 5.35. The fourth-order valence-electron chi connectivity index (χ4n) is 1.62. The lowest BCUT2D eigenvalue weighted by atomic mass is 10.0. The van der Waals surface area contributed by atoms with Gasteiger partial charge in [-0.25, -0.2) is 0 Å². The molecule has 0 aromatic heterocycles. The van der Waals surface area contributed by atoms with E-state index in [1.54, 1.807) is 0 Å². The van der Waals surface area contributed by atoms with Gasteiger partial charge in [-0.15, -0.1) is 0 Å². The normalized spacial score (nSPS) is 26.8. The van der Waals surface area contributed by atoms with Crippen molar-refractivity contribution in [2.24, 2.45) is 5.92 Å². The molecule has 0 radical (unpaired) electrons. The van der Waals surface area contributed by atoms with Gasteiger partial charge < -0.3 is 4.74 Å². The second-order valence-corrected chi connectivity index (χ2v) is 4.33. The molecule has 13 heavy (non-hydrogen) atoms. The van der Waals surface area contributed by atoms with Crippen LogP contribution in [0.2, 0.25) is 0 Å². The highest BCUT2D eigenvalue weighted by Crippen LogP contribution is 2.16. The van der Waals surface area contributed by atoms with Crippen LogP contribution in [0.4, 0.5) is 0 Å². The number of rotatable bonds is 3. The molecule has 76 valence electrons. The van der Waals surface area contributed by atoms with Crippen LogP contribution in [0, 0.1) is 5.92 Å². The maximum atomic E-state index is 5.85. The largest absolute Gasteiger partial charge is 0.378 e. The van der Waals surface area contributed by atoms with Crippen molar-refractivity contribution in [3.63, 3.8) is 0 Å². The summed E-state index contributed by atoms with van der Waals surface area (Å²) in [4.78, 5) is 0. The minimum absolute atomic E-state index is 0.521. The van der Waals surface area contributed by atoms with Crippen LogP contribution in [-0.4, -0.2) is 12.7 Å². The Bertz CT molecular complexity index is 149. The smallest absolute Gasteiger partial charge is 0.0578 e. The van der Waals surface area contributed by atoms with Crippen molar-refractivity contribution >= 4 is 0 Å². The maximum absolute atomic E-state index is 5.85. The topological polar surface area (TPSA) is 9.23 Å². The van der Waals surface area contributed by atoms with Crippen LogP contribution in [0.25, 0.3) is 0 Å². The fourth-order valence-corrected chi connectivity index (χ4v) is 1.62. The Balaban J connectivity index is 2.19. The molecule has 1 aliphatic rings. The van der Waals surface area contributed by atoms with Gasteiger partial charge in [-0.3, -0.25) is 0 Å². The zero-order valence-electron chi connectivity index (χ0n) is 8.96. The third-order valence-electron chi connectivity index (χ3n) is 2.38. The molecule has 0 saturated heterocycles. The van der Waals surface area contributed by atoms with Gasteiger partial charge in [0.05, 0.1) is 6.10 Å². The van der Waals surface area contributed by atoms with Crippen molar-refractivity contribution in [1.29, 1.82) is 0 Å². The van der Waals surface area contributed by atoms with Crippen LogP contribution >= 0.6 is 0 Å². The monoisotopic (exact) mass is 182 g/mol. The first kappa shape index (κ1) is 10.8. The zero-order valence-corrected chi connectivity index (χ0v) is 8.96. The summed E-state index contributed by atoms with van der Waals surface area (Å²) in [6, 6.07) is 0. The van der Waals surface area contributed by atoms with Gasteiger partial charge in [-0.1, -0.05) is 26.0 Å². The summed E-state index contributed by atoms with van der Waals surface area (Å²) in [7, 11) is 0. The van der Waals surface area contributed by atoms with E-state index >= 15 is 0 Å². The Morgan fingerprint density at radius 1 is 1.23 bits per heavy atom. The predicted octanol–water partition coefficient (Wildman–Crippen LogP) is 3.55. The first-order chi connectivity index (χ1) is 6.29. The Kier molecular flexibility index (Phi) is 5.14. The Morgan fingerprint density at radius 2 is 2.00 bits per heavy atom. The lowest BCUT2D eigenvalue weighted by Gasteiger charge is -2.19. The number of ether oxygens (including phenoxy) is 1. The average molecular weight is 182 g/mol. The Labute approximate surface area is 82.2 Å². The van der Waals surface area contributed by atoms with Crippen LogP contribution in [0.3, 0.4) is 0 Å². The highest BCUT2D eigenvalue weighted by atomic mass is 16.5. The molecule has 0 aliphatic heterocycles. The molecule has 0 saturated carbocycles. The minimum atomic E-state index is 0.521. The van der Waals surface area contributed by atoms with Gasteiger partial charge in [0.15, 0.2) is 0 Å². The van der Waals surface area contributed by atoms with Crippen LogP contribution in [0.5, 0.6) is 0 Å². The lowest BCUT2D eigenvalue weighted by Crippen LogP contribution is -2.16. The van der Waals surface area contributed by atoms with E-state index in [0.29, 0.717) is 12.0 Å². The molecule has 0 amide bonds. The molecule has 1 aliphatic carbocycles. The molecule has 0 N–H and O–H groups in total. The van der Waals surface area contributed by atoms with Crippen molar-refractivity contribution in [2.45, 2.75) is 52.1 Å². The van der Waals surface area contributed by atoms with Crippen LogP contribution in [0.15, 0.2) is 12.2 Å². The van der Waals surface area contributed by atoms with Crippen molar-refractivity contribution in [3.8, 4) is 0 Å². The van der Waals surface area contributed by atoms with E-state index in [9.17, 15) is 0 Å². The van der Waals surface area contributed by atoms with E-state index < -0.39 is 0 Å². The quantitative estimate of drug-likeness (QED) is 0.606. The molecule has 1 rings (SSSR count). The van der Waals surface area contributed by atoms with E-state index in [1.165, 1.54) is 32.1 Å². The van der Waals surface area contributed by atoms with Crippen LogP contribution < -0.4 is 0 Å². The predicted molar refractivity (Wildman–Crippen MR) is 56.8 cm³/mol. The summed E-state index contributed by atoms with van der Waals surface area (Å²) < 4.78 is 5.85. The first-order valence-electron chi connectivity index (χ1n) is 5.55. The van der Waals surface area contributed by atoms with E-state index in [0.717, 1.165) is 6.61 Å². The summed E-state index contributed by atoms with van der Waals surface area (Å²) in [5.74, 6) is 0.668. The molecule has 0 fully saturated rings. The summed E-state index contributed by atoms with van der Waals surface area (Å²) >= 11 is 0. The highest BCUT2D eigenvalue weighted by Gasteiger charge is 2.09. The highest BCUT2D eigenvalue weighted by molar-refractivity contribution is 4.85. The third-order valence-corrected chi connectivity index (χ3v) is 2.38. The molecule has 0 aromatic carbocycles. The summed E-state index contributed by atoms with van der Waals surface area (Å²) in [6.07, 6.45) is 11.3. The van der Waals surface area contributed by atoms with Crippen molar-refractivity contribution in [2.75, 3.05) is 6.61 Å².